The molecule has 14 heavy (non-hydrogen) atoms. The van der Waals surface area contributed by atoms with Crippen molar-refractivity contribution in [2.24, 2.45) is 5.41 Å². The van der Waals surface area contributed by atoms with Crippen LogP contribution in [0, 0.1) is 5.41 Å². The van der Waals surface area contributed by atoms with E-state index in [1.54, 1.807) is 6.92 Å². The minimum absolute atomic E-state index is 0.200. The van der Waals surface area contributed by atoms with Gasteiger partial charge < -0.3 is 5.11 Å². The van der Waals surface area contributed by atoms with Crippen LogP contribution in [-0.4, -0.2) is 17.3 Å². The third-order valence-electron chi connectivity index (χ3n) is 2.70. The van der Waals surface area contributed by atoms with Crippen LogP contribution in [0.3, 0.4) is 0 Å². The smallest absolute Gasteiger partial charge is 0.405 e. The predicted octanol–water partition coefficient (Wildman–Crippen LogP) is 2.75. The third-order valence-corrected chi connectivity index (χ3v) is 2.70. The Balaban J connectivity index is 3.03. The molecule has 0 saturated carbocycles. The molecule has 0 aromatic carbocycles. The first-order valence-corrected chi connectivity index (χ1v) is 4.25. The number of carbonyl (C=O) groups is 1. The molecule has 0 aliphatic heterocycles. The van der Waals surface area contributed by atoms with Crippen LogP contribution in [0.2, 0.25) is 0 Å². The lowest BCUT2D eigenvalue weighted by atomic mass is 9.74. The lowest BCUT2D eigenvalue weighted by Crippen LogP contribution is -2.45. The van der Waals surface area contributed by atoms with Gasteiger partial charge in [-0.25, -0.2) is 0 Å². The molecule has 1 N–H and O–H groups in total. The second-order valence-electron chi connectivity index (χ2n) is 3.64. The molecule has 1 atom stereocenters. The summed E-state index contributed by atoms with van der Waals surface area (Å²) in [6.07, 6.45) is -3.90. The van der Waals surface area contributed by atoms with Crippen LogP contribution in [0.5, 0.6) is 0 Å². The van der Waals surface area contributed by atoms with Gasteiger partial charge in [0.15, 0.2) is 5.41 Å². The molecule has 80 valence electrons. The Labute approximate surface area is 79.4 Å². The zero-order chi connectivity index (χ0) is 11.0. The number of carboxylic acids is 1. The molecule has 0 bridgehead atoms. The van der Waals surface area contributed by atoms with Crippen molar-refractivity contribution in [1.82, 2.24) is 0 Å². The van der Waals surface area contributed by atoms with E-state index in [4.69, 9.17) is 5.11 Å². The molecule has 2 nitrogen and oxygen atoms in total. The molecule has 5 heteroatoms. The third kappa shape index (κ3) is 1.63. The van der Waals surface area contributed by atoms with Crippen LogP contribution in [0.25, 0.3) is 0 Å². The summed E-state index contributed by atoms with van der Waals surface area (Å²) in [5.41, 5.74) is -1.74. The molecule has 0 saturated heterocycles. The molecule has 0 heterocycles. The van der Waals surface area contributed by atoms with E-state index >= 15 is 0 Å². The van der Waals surface area contributed by atoms with Crippen LogP contribution in [0.4, 0.5) is 13.2 Å². The van der Waals surface area contributed by atoms with E-state index < -0.39 is 24.0 Å². The number of allylic oxidation sites excluding steroid dienone is 2. The number of halogens is 3. The van der Waals surface area contributed by atoms with Crippen molar-refractivity contribution >= 4 is 5.97 Å². The van der Waals surface area contributed by atoms with Gasteiger partial charge in [-0.2, -0.15) is 13.2 Å². The van der Waals surface area contributed by atoms with Crippen LogP contribution in [0.15, 0.2) is 11.6 Å². The van der Waals surface area contributed by atoms with E-state index in [-0.39, 0.29) is 12.8 Å². The predicted molar refractivity (Wildman–Crippen MR) is 43.7 cm³/mol. The Bertz CT molecular complexity index is 280. The van der Waals surface area contributed by atoms with Crippen LogP contribution >= 0.6 is 0 Å². The Morgan fingerprint density at radius 1 is 1.57 bits per heavy atom. The van der Waals surface area contributed by atoms with Gasteiger partial charge in [0, 0.05) is 0 Å². The van der Waals surface area contributed by atoms with Gasteiger partial charge in [-0.05, 0) is 26.2 Å². The molecule has 0 radical (unpaired) electrons. The molecule has 1 rings (SSSR count). The topological polar surface area (TPSA) is 37.3 Å². The summed E-state index contributed by atoms with van der Waals surface area (Å²) in [6.45, 7) is 1.71. The first-order valence-electron chi connectivity index (χ1n) is 4.25. The molecule has 1 aliphatic carbocycles. The van der Waals surface area contributed by atoms with Crippen LogP contribution in [-0.2, 0) is 4.79 Å². The van der Waals surface area contributed by atoms with Crippen molar-refractivity contribution < 1.29 is 23.1 Å². The molecular formula is C9H11F3O2. The lowest BCUT2D eigenvalue weighted by molar-refractivity contribution is -0.233. The zero-order valence-electron chi connectivity index (χ0n) is 7.69. The first kappa shape index (κ1) is 11.1. The van der Waals surface area contributed by atoms with Gasteiger partial charge in [-0.15, -0.1) is 0 Å². The molecule has 1 unspecified atom stereocenters. The van der Waals surface area contributed by atoms with Gasteiger partial charge in [0.1, 0.15) is 0 Å². The van der Waals surface area contributed by atoms with E-state index in [1.165, 1.54) is 6.08 Å². The summed E-state index contributed by atoms with van der Waals surface area (Å²) in [7, 11) is 0. The van der Waals surface area contributed by atoms with E-state index in [9.17, 15) is 18.0 Å². The number of hydrogen-bond donors (Lipinski definition) is 1. The average Bonchev–Trinajstić information content (AvgIpc) is 2.02. The Morgan fingerprint density at radius 2 is 2.14 bits per heavy atom. The standard InChI is InChI=1S/C9H11F3O2/c1-6-2-4-8(5-3-6,7(13)14)9(10,11)12/h2H,3-5H2,1H3,(H,13,14). The summed E-state index contributed by atoms with van der Waals surface area (Å²) in [6, 6.07) is 0. The molecule has 0 fully saturated rings. The monoisotopic (exact) mass is 208 g/mol. The minimum Gasteiger partial charge on any atom is -0.481 e. The Morgan fingerprint density at radius 3 is 2.43 bits per heavy atom. The summed E-state index contributed by atoms with van der Waals surface area (Å²) < 4.78 is 37.7. The molecule has 0 aromatic rings. The number of carboxylic acid groups (broad SMARTS) is 1. The van der Waals surface area contributed by atoms with Crippen LogP contribution < -0.4 is 0 Å². The van der Waals surface area contributed by atoms with Crippen molar-refractivity contribution in [2.75, 3.05) is 0 Å². The lowest BCUT2D eigenvalue weighted by Gasteiger charge is -2.33. The van der Waals surface area contributed by atoms with Crippen molar-refractivity contribution in [3.63, 3.8) is 0 Å². The molecule has 0 aromatic heterocycles. The maximum atomic E-state index is 12.6. The summed E-state index contributed by atoms with van der Waals surface area (Å²) in [5.74, 6) is -1.77. The van der Waals surface area contributed by atoms with Gasteiger partial charge in [0.2, 0.25) is 0 Å². The van der Waals surface area contributed by atoms with Gasteiger partial charge in [0.25, 0.3) is 0 Å². The fourth-order valence-corrected chi connectivity index (χ4v) is 1.54. The summed E-state index contributed by atoms with van der Waals surface area (Å²) in [4.78, 5) is 10.7. The van der Waals surface area contributed by atoms with Gasteiger partial charge >= 0.3 is 12.1 Å². The maximum absolute atomic E-state index is 12.6. The van der Waals surface area contributed by atoms with E-state index in [1.807, 2.05) is 0 Å². The van der Waals surface area contributed by atoms with Gasteiger partial charge in [0.05, 0.1) is 0 Å². The van der Waals surface area contributed by atoms with Crippen LogP contribution in [0.1, 0.15) is 26.2 Å². The highest BCUT2D eigenvalue weighted by Crippen LogP contribution is 2.48. The Hall–Kier alpha value is -1.00. The van der Waals surface area contributed by atoms with Crippen molar-refractivity contribution in [1.29, 1.82) is 0 Å². The van der Waals surface area contributed by atoms with E-state index in [2.05, 4.69) is 0 Å². The first-order chi connectivity index (χ1) is 6.29. The average molecular weight is 208 g/mol. The van der Waals surface area contributed by atoms with Crippen molar-refractivity contribution in [2.45, 2.75) is 32.4 Å². The van der Waals surface area contributed by atoms with Crippen molar-refractivity contribution in [3.8, 4) is 0 Å². The largest absolute Gasteiger partial charge is 0.481 e. The van der Waals surface area contributed by atoms with E-state index in [0.717, 1.165) is 5.57 Å². The number of aliphatic carboxylic acids is 1. The van der Waals surface area contributed by atoms with Crippen molar-refractivity contribution in [3.05, 3.63) is 11.6 Å². The highest BCUT2D eigenvalue weighted by atomic mass is 19.4. The highest BCUT2D eigenvalue weighted by Gasteiger charge is 2.60. The molecule has 1 aliphatic rings. The Kier molecular flexibility index (Phi) is 2.61. The molecular weight excluding hydrogens is 197 g/mol. The maximum Gasteiger partial charge on any atom is 0.405 e. The van der Waals surface area contributed by atoms with Gasteiger partial charge in [-0.1, -0.05) is 11.6 Å². The second-order valence-corrected chi connectivity index (χ2v) is 3.64. The number of alkyl halides is 3. The summed E-state index contributed by atoms with van der Waals surface area (Å²) in [5, 5.41) is 8.66. The fraction of sp³-hybridized carbons (Fsp3) is 0.667. The number of hydrogen-bond acceptors (Lipinski definition) is 1. The summed E-state index contributed by atoms with van der Waals surface area (Å²) >= 11 is 0. The molecule has 0 spiro atoms. The quantitative estimate of drug-likeness (QED) is 0.673. The highest BCUT2D eigenvalue weighted by molar-refractivity contribution is 5.76. The van der Waals surface area contributed by atoms with Gasteiger partial charge in [-0.3, -0.25) is 4.79 Å². The molecule has 0 amide bonds. The SMILES string of the molecule is CC1=CCC(C(=O)O)(C(F)(F)F)CC1. The normalized spacial score (nSPS) is 28.4. The minimum atomic E-state index is -4.67. The number of rotatable bonds is 1. The second kappa shape index (κ2) is 3.29. The van der Waals surface area contributed by atoms with E-state index in [0.29, 0.717) is 0 Å². The fourth-order valence-electron chi connectivity index (χ4n) is 1.54. The zero-order valence-corrected chi connectivity index (χ0v) is 7.69.